The average molecular weight is 188 g/mol. The maximum Gasteiger partial charge on any atom is 0.323 e. The van der Waals surface area contributed by atoms with E-state index in [1.807, 2.05) is 0 Å². The van der Waals surface area contributed by atoms with Gasteiger partial charge in [-0.05, 0) is 20.9 Å². The molecule has 0 saturated carbocycles. The van der Waals surface area contributed by atoms with Crippen molar-refractivity contribution in [2.75, 3.05) is 20.1 Å². The van der Waals surface area contributed by atoms with E-state index >= 15 is 0 Å². The lowest BCUT2D eigenvalue weighted by Crippen LogP contribution is -2.45. The molecule has 0 aliphatic rings. The first kappa shape index (κ1) is 11.9. The summed E-state index contributed by atoms with van der Waals surface area (Å²) >= 11 is 0. The third-order valence-corrected chi connectivity index (χ3v) is 1.82. The Morgan fingerprint density at radius 3 is 2.38 bits per heavy atom. The first-order valence-electron chi connectivity index (χ1n) is 4.20. The van der Waals surface area contributed by atoms with Crippen LogP contribution in [0.15, 0.2) is 0 Å². The molecule has 0 rings (SSSR count). The molecule has 0 spiro atoms. The van der Waals surface area contributed by atoms with Crippen molar-refractivity contribution >= 4 is 11.9 Å². The van der Waals surface area contributed by atoms with Crippen LogP contribution < -0.4 is 5.32 Å². The van der Waals surface area contributed by atoms with Gasteiger partial charge in [0, 0.05) is 6.54 Å². The van der Waals surface area contributed by atoms with Gasteiger partial charge in [-0.25, -0.2) is 0 Å². The second kappa shape index (κ2) is 5.53. The van der Waals surface area contributed by atoms with Gasteiger partial charge < -0.3 is 15.3 Å². The third kappa shape index (κ3) is 3.89. The molecule has 0 aliphatic carbocycles. The largest absolute Gasteiger partial charge is 0.480 e. The van der Waals surface area contributed by atoms with Crippen molar-refractivity contribution < 1.29 is 14.7 Å². The van der Waals surface area contributed by atoms with Crippen LogP contribution in [-0.4, -0.2) is 48.1 Å². The van der Waals surface area contributed by atoms with E-state index in [0.717, 1.165) is 0 Å². The Kier molecular flexibility index (Phi) is 5.06. The number of carbonyl (C=O) groups excluding carboxylic acids is 1. The SMILES string of the molecule is CCN(CC(=O)O)C(=O)C(C)NC. The number of nitrogens with zero attached hydrogens (tertiary/aromatic N) is 1. The number of nitrogens with one attached hydrogen (secondary N) is 1. The third-order valence-electron chi connectivity index (χ3n) is 1.82. The first-order chi connectivity index (χ1) is 6.02. The molecule has 13 heavy (non-hydrogen) atoms. The van der Waals surface area contributed by atoms with Gasteiger partial charge in [-0.15, -0.1) is 0 Å². The molecule has 0 bridgehead atoms. The predicted octanol–water partition coefficient (Wildman–Crippen LogP) is -0.473. The zero-order valence-electron chi connectivity index (χ0n) is 8.20. The Hall–Kier alpha value is -1.10. The van der Waals surface area contributed by atoms with Crippen LogP contribution >= 0.6 is 0 Å². The Labute approximate surface area is 77.7 Å². The molecule has 5 nitrogen and oxygen atoms in total. The summed E-state index contributed by atoms with van der Waals surface area (Å²) in [5.74, 6) is -1.18. The highest BCUT2D eigenvalue weighted by molar-refractivity contribution is 5.84. The molecular weight excluding hydrogens is 172 g/mol. The lowest BCUT2D eigenvalue weighted by atomic mass is 10.3. The van der Waals surface area contributed by atoms with Crippen molar-refractivity contribution in [3.05, 3.63) is 0 Å². The Morgan fingerprint density at radius 2 is 2.08 bits per heavy atom. The van der Waals surface area contributed by atoms with E-state index in [-0.39, 0.29) is 18.5 Å². The Bertz CT molecular complexity index is 194. The normalized spacial score (nSPS) is 12.2. The average Bonchev–Trinajstić information content (AvgIpc) is 2.11. The van der Waals surface area contributed by atoms with Crippen molar-refractivity contribution in [3.63, 3.8) is 0 Å². The highest BCUT2D eigenvalue weighted by Crippen LogP contribution is 1.94. The van der Waals surface area contributed by atoms with E-state index in [4.69, 9.17) is 5.11 Å². The van der Waals surface area contributed by atoms with E-state index in [2.05, 4.69) is 5.32 Å². The second-order valence-electron chi connectivity index (χ2n) is 2.76. The van der Waals surface area contributed by atoms with Gasteiger partial charge in [0.05, 0.1) is 6.04 Å². The zero-order chi connectivity index (χ0) is 10.4. The fourth-order valence-electron chi connectivity index (χ4n) is 0.906. The minimum Gasteiger partial charge on any atom is -0.480 e. The highest BCUT2D eigenvalue weighted by Gasteiger charge is 2.19. The maximum absolute atomic E-state index is 11.4. The molecule has 0 aromatic rings. The summed E-state index contributed by atoms with van der Waals surface area (Å²) in [7, 11) is 1.66. The van der Waals surface area contributed by atoms with Gasteiger partial charge in [-0.1, -0.05) is 0 Å². The lowest BCUT2D eigenvalue weighted by Gasteiger charge is -2.22. The number of aliphatic carboxylic acids is 1. The van der Waals surface area contributed by atoms with Gasteiger partial charge in [-0.3, -0.25) is 9.59 Å². The quantitative estimate of drug-likeness (QED) is 0.612. The minimum atomic E-state index is -0.987. The van der Waals surface area contributed by atoms with Crippen LogP contribution in [0.2, 0.25) is 0 Å². The molecule has 0 aromatic carbocycles. The van der Waals surface area contributed by atoms with E-state index in [9.17, 15) is 9.59 Å². The number of hydrogen-bond acceptors (Lipinski definition) is 3. The van der Waals surface area contributed by atoms with Crippen LogP contribution in [0.3, 0.4) is 0 Å². The molecule has 0 saturated heterocycles. The van der Waals surface area contributed by atoms with E-state index < -0.39 is 5.97 Å². The van der Waals surface area contributed by atoms with Gasteiger partial charge in [0.1, 0.15) is 6.54 Å². The Morgan fingerprint density at radius 1 is 1.54 bits per heavy atom. The molecule has 76 valence electrons. The zero-order valence-corrected chi connectivity index (χ0v) is 8.20. The van der Waals surface area contributed by atoms with Gasteiger partial charge in [0.25, 0.3) is 0 Å². The Balaban J connectivity index is 4.22. The van der Waals surface area contributed by atoms with Crippen molar-refractivity contribution in [1.82, 2.24) is 10.2 Å². The van der Waals surface area contributed by atoms with Crippen LogP contribution in [0.1, 0.15) is 13.8 Å². The van der Waals surface area contributed by atoms with E-state index in [1.54, 1.807) is 20.9 Å². The molecule has 0 radical (unpaired) electrons. The van der Waals surface area contributed by atoms with Crippen molar-refractivity contribution in [2.24, 2.45) is 0 Å². The lowest BCUT2D eigenvalue weighted by molar-refractivity contribution is -0.144. The first-order valence-corrected chi connectivity index (χ1v) is 4.20. The number of hydrogen-bond donors (Lipinski definition) is 2. The summed E-state index contributed by atoms with van der Waals surface area (Å²) < 4.78 is 0. The summed E-state index contributed by atoms with van der Waals surface area (Å²) in [6.07, 6.45) is 0. The number of likely N-dealkylation sites (N-methyl/N-ethyl adjacent to an activating group) is 2. The van der Waals surface area contributed by atoms with E-state index in [0.29, 0.717) is 6.54 Å². The summed E-state index contributed by atoms with van der Waals surface area (Å²) in [5.41, 5.74) is 0. The van der Waals surface area contributed by atoms with Crippen LogP contribution in [0.25, 0.3) is 0 Å². The van der Waals surface area contributed by atoms with Gasteiger partial charge >= 0.3 is 5.97 Å². The maximum atomic E-state index is 11.4. The number of carbonyl (C=O) groups is 2. The minimum absolute atomic E-state index is 0.188. The smallest absolute Gasteiger partial charge is 0.323 e. The summed E-state index contributed by atoms with van der Waals surface area (Å²) in [4.78, 5) is 23.1. The summed E-state index contributed by atoms with van der Waals surface area (Å²) in [5, 5.41) is 11.3. The number of carboxylic acids is 1. The van der Waals surface area contributed by atoms with Gasteiger partial charge in [0.2, 0.25) is 5.91 Å². The fourth-order valence-corrected chi connectivity index (χ4v) is 0.906. The summed E-state index contributed by atoms with van der Waals surface area (Å²) in [6, 6.07) is -0.334. The van der Waals surface area contributed by atoms with Gasteiger partial charge in [-0.2, -0.15) is 0 Å². The molecule has 1 unspecified atom stereocenters. The van der Waals surface area contributed by atoms with Crippen molar-refractivity contribution in [2.45, 2.75) is 19.9 Å². The molecule has 2 N–H and O–H groups in total. The molecule has 0 fully saturated rings. The molecule has 0 heterocycles. The summed E-state index contributed by atoms with van der Waals surface area (Å²) in [6.45, 7) is 3.63. The predicted molar refractivity (Wildman–Crippen MR) is 48.4 cm³/mol. The molecular formula is C8H16N2O3. The van der Waals surface area contributed by atoms with E-state index in [1.165, 1.54) is 4.90 Å². The van der Waals surface area contributed by atoms with Crippen LogP contribution in [0.4, 0.5) is 0 Å². The topological polar surface area (TPSA) is 69.6 Å². The standard InChI is InChI=1S/C8H16N2O3/c1-4-10(5-7(11)12)8(13)6(2)9-3/h6,9H,4-5H2,1-3H3,(H,11,12). The highest BCUT2D eigenvalue weighted by atomic mass is 16.4. The number of amides is 1. The van der Waals surface area contributed by atoms with Crippen LogP contribution in [0, 0.1) is 0 Å². The molecule has 0 aromatic heterocycles. The number of carboxylic acid groups (broad SMARTS) is 1. The molecule has 5 heteroatoms. The molecule has 1 amide bonds. The van der Waals surface area contributed by atoms with Crippen molar-refractivity contribution in [1.29, 1.82) is 0 Å². The monoisotopic (exact) mass is 188 g/mol. The second-order valence-corrected chi connectivity index (χ2v) is 2.76. The van der Waals surface area contributed by atoms with Gasteiger partial charge in [0.15, 0.2) is 0 Å². The fraction of sp³-hybridized carbons (Fsp3) is 0.750. The molecule has 1 atom stereocenters. The molecule has 0 aliphatic heterocycles. The number of rotatable bonds is 5. The van der Waals surface area contributed by atoms with Crippen molar-refractivity contribution in [3.8, 4) is 0 Å². The van der Waals surface area contributed by atoms with Crippen LogP contribution in [-0.2, 0) is 9.59 Å². The van der Waals surface area contributed by atoms with Crippen LogP contribution in [0.5, 0.6) is 0 Å².